The van der Waals surface area contributed by atoms with Crippen LogP contribution in [-0.4, -0.2) is 78.9 Å². The molecule has 1 atom stereocenters. The van der Waals surface area contributed by atoms with Gasteiger partial charge in [-0.1, -0.05) is 37.3 Å². The number of likely N-dealkylation sites (tertiary alicyclic amines) is 1. The Balaban J connectivity index is 1.32. The molecule has 0 radical (unpaired) electrons. The number of rotatable bonds is 7. The summed E-state index contributed by atoms with van der Waals surface area (Å²) < 4.78 is 0. The molecule has 1 aromatic rings. The van der Waals surface area contributed by atoms with Gasteiger partial charge in [-0.2, -0.15) is 0 Å². The first-order valence-electron chi connectivity index (χ1n) is 10.7. The summed E-state index contributed by atoms with van der Waals surface area (Å²) in [6.07, 6.45) is 2.33. The second-order valence-corrected chi connectivity index (χ2v) is 7.93. The second-order valence-electron chi connectivity index (χ2n) is 7.93. The summed E-state index contributed by atoms with van der Waals surface area (Å²) in [4.78, 5) is 31.1. The molecule has 28 heavy (non-hydrogen) atoms. The Morgan fingerprint density at radius 3 is 2.46 bits per heavy atom. The third-order valence-corrected chi connectivity index (χ3v) is 5.89. The van der Waals surface area contributed by atoms with Crippen molar-refractivity contribution in [2.24, 2.45) is 5.92 Å². The number of carbonyl (C=O) groups is 2. The van der Waals surface area contributed by atoms with Gasteiger partial charge in [-0.05, 0) is 18.4 Å². The van der Waals surface area contributed by atoms with E-state index >= 15 is 0 Å². The van der Waals surface area contributed by atoms with Crippen molar-refractivity contribution < 1.29 is 9.59 Å². The van der Waals surface area contributed by atoms with E-state index in [2.05, 4.69) is 45.4 Å². The molecule has 2 amide bonds. The van der Waals surface area contributed by atoms with Gasteiger partial charge < -0.3 is 10.2 Å². The Hall–Kier alpha value is -1.92. The molecular formula is C22H34N4O2. The van der Waals surface area contributed by atoms with Crippen LogP contribution in [0.15, 0.2) is 30.3 Å². The van der Waals surface area contributed by atoms with E-state index < -0.39 is 0 Å². The summed E-state index contributed by atoms with van der Waals surface area (Å²) in [7, 11) is 0. The standard InChI is InChI=1S/C22H34N4O2/c1-2-21(27)26-11-6-9-20(18-26)22(28)23-10-12-24-13-15-25(16-14-24)17-19-7-4-3-5-8-19/h3-5,7-8,20H,2,6,9-18H2,1H3,(H,23,28). The first-order valence-corrected chi connectivity index (χ1v) is 10.7. The van der Waals surface area contributed by atoms with Gasteiger partial charge in [-0.15, -0.1) is 0 Å². The Bertz CT molecular complexity index is 629. The molecule has 6 nitrogen and oxygen atoms in total. The summed E-state index contributed by atoms with van der Waals surface area (Å²) in [5, 5.41) is 3.10. The minimum absolute atomic E-state index is 0.0491. The third-order valence-electron chi connectivity index (χ3n) is 5.89. The summed E-state index contributed by atoms with van der Waals surface area (Å²) in [6, 6.07) is 10.6. The number of hydrogen-bond acceptors (Lipinski definition) is 4. The van der Waals surface area contributed by atoms with Crippen LogP contribution in [0.1, 0.15) is 31.7 Å². The minimum Gasteiger partial charge on any atom is -0.355 e. The maximum atomic E-state index is 12.5. The van der Waals surface area contributed by atoms with Crippen molar-refractivity contribution in [3.8, 4) is 0 Å². The molecule has 1 aromatic carbocycles. The van der Waals surface area contributed by atoms with E-state index in [1.54, 1.807) is 0 Å². The molecular weight excluding hydrogens is 352 g/mol. The fraction of sp³-hybridized carbons (Fsp3) is 0.636. The topological polar surface area (TPSA) is 55.9 Å². The number of benzene rings is 1. The van der Waals surface area contributed by atoms with E-state index in [0.717, 1.165) is 58.7 Å². The zero-order valence-corrected chi connectivity index (χ0v) is 17.1. The lowest BCUT2D eigenvalue weighted by Crippen LogP contribution is -2.49. The first-order chi connectivity index (χ1) is 13.7. The Labute approximate surface area is 168 Å². The predicted octanol–water partition coefficient (Wildman–Crippen LogP) is 1.57. The van der Waals surface area contributed by atoms with Crippen molar-refractivity contribution in [3.05, 3.63) is 35.9 Å². The highest BCUT2D eigenvalue weighted by atomic mass is 16.2. The molecule has 2 aliphatic rings. The SMILES string of the molecule is CCC(=O)N1CCCC(C(=O)NCCN2CCN(Cc3ccccc3)CC2)C1. The minimum atomic E-state index is -0.0491. The lowest BCUT2D eigenvalue weighted by atomic mass is 9.97. The molecule has 0 aromatic heterocycles. The summed E-state index contributed by atoms with van der Waals surface area (Å²) in [5.74, 6) is 0.217. The first kappa shape index (κ1) is 20.8. The molecule has 1 N–H and O–H groups in total. The van der Waals surface area contributed by atoms with E-state index in [-0.39, 0.29) is 17.7 Å². The van der Waals surface area contributed by atoms with E-state index in [1.807, 2.05) is 11.8 Å². The van der Waals surface area contributed by atoms with Crippen molar-refractivity contribution in [2.45, 2.75) is 32.7 Å². The molecule has 2 heterocycles. The van der Waals surface area contributed by atoms with Gasteiger partial charge in [0.2, 0.25) is 11.8 Å². The van der Waals surface area contributed by atoms with Gasteiger partial charge >= 0.3 is 0 Å². The third kappa shape index (κ3) is 6.04. The largest absolute Gasteiger partial charge is 0.355 e. The van der Waals surface area contributed by atoms with Crippen LogP contribution < -0.4 is 5.32 Å². The number of nitrogens with zero attached hydrogens (tertiary/aromatic N) is 3. The average molecular weight is 387 g/mol. The van der Waals surface area contributed by atoms with Gasteiger partial charge in [0.15, 0.2) is 0 Å². The van der Waals surface area contributed by atoms with Crippen LogP contribution in [0.4, 0.5) is 0 Å². The van der Waals surface area contributed by atoms with E-state index in [1.165, 1.54) is 5.56 Å². The van der Waals surface area contributed by atoms with Crippen molar-refractivity contribution in [2.75, 3.05) is 52.4 Å². The van der Waals surface area contributed by atoms with Crippen LogP contribution >= 0.6 is 0 Å². The van der Waals surface area contributed by atoms with Crippen molar-refractivity contribution in [1.82, 2.24) is 20.0 Å². The Morgan fingerprint density at radius 2 is 1.75 bits per heavy atom. The number of piperidine rings is 1. The predicted molar refractivity (Wildman–Crippen MR) is 111 cm³/mol. The highest BCUT2D eigenvalue weighted by Crippen LogP contribution is 2.17. The molecule has 0 bridgehead atoms. The van der Waals surface area contributed by atoms with Gasteiger partial charge in [0.05, 0.1) is 5.92 Å². The van der Waals surface area contributed by atoms with Crippen LogP contribution in [0.5, 0.6) is 0 Å². The van der Waals surface area contributed by atoms with Crippen molar-refractivity contribution in [1.29, 1.82) is 0 Å². The smallest absolute Gasteiger partial charge is 0.224 e. The van der Waals surface area contributed by atoms with Crippen LogP contribution in [0, 0.1) is 5.92 Å². The van der Waals surface area contributed by atoms with Crippen LogP contribution in [0.3, 0.4) is 0 Å². The lowest BCUT2D eigenvalue weighted by Gasteiger charge is -2.35. The van der Waals surface area contributed by atoms with E-state index in [0.29, 0.717) is 19.5 Å². The fourth-order valence-corrected chi connectivity index (χ4v) is 4.14. The number of piperazine rings is 1. The Morgan fingerprint density at radius 1 is 1.04 bits per heavy atom. The number of nitrogens with one attached hydrogen (secondary N) is 1. The van der Waals surface area contributed by atoms with Gasteiger partial charge in [0, 0.05) is 65.3 Å². The number of carbonyl (C=O) groups excluding carboxylic acids is 2. The normalized spacial score (nSPS) is 21.5. The lowest BCUT2D eigenvalue weighted by molar-refractivity contribution is -0.135. The monoisotopic (exact) mass is 386 g/mol. The molecule has 1 unspecified atom stereocenters. The maximum Gasteiger partial charge on any atom is 0.224 e. The van der Waals surface area contributed by atoms with Crippen molar-refractivity contribution >= 4 is 11.8 Å². The summed E-state index contributed by atoms with van der Waals surface area (Å²) in [6.45, 7) is 10.1. The maximum absolute atomic E-state index is 12.5. The van der Waals surface area contributed by atoms with E-state index in [4.69, 9.17) is 0 Å². The molecule has 2 saturated heterocycles. The van der Waals surface area contributed by atoms with Gasteiger partial charge in [-0.25, -0.2) is 0 Å². The van der Waals surface area contributed by atoms with Crippen molar-refractivity contribution in [3.63, 3.8) is 0 Å². The summed E-state index contributed by atoms with van der Waals surface area (Å²) >= 11 is 0. The average Bonchev–Trinajstić information content (AvgIpc) is 2.75. The zero-order chi connectivity index (χ0) is 19.8. The van der Waals surface area contributed by atoms with Gasteiger partial charge in [0.1, 0.15) is 0 Å². The van der Waals surface area contributed by atoms with Crippen LogP contribution in [-0.2, 0) is 16.1 Å². The quantitative estimate of drug-likeness (QED) is 0.773. The molecule has 3 rings (SSSR count). The zero-order valence-electron chi connectivity index (χ0n) is 17.1. The number of amides is 2. The molecule has 0 spiro atoms. The Kier molecular flexibility index (Phi) is 7.86. The van der Waals surface area contributed by atoms with E-state index in [9.17, 15) is 9.59 Å². The molecule has 154 valence electrons. The number of hydrogen-bond donors (Lipinski definition) is 1. The molecule has 0 aliphatic carbocycles. The second kappa shape index (κ2) is 10.6. The summed E-state index contributed by atoms with van der Waals surface area (Å²) in [5.41, 5.74) is 1.37. The molecule has 2 aliphatic heterocycles. The molecule has 2 fully saturated rings. The van der Waals surface area contributed by atoms with Gasteiger partial charge in [0.25, 0.3) is 0 Å². The molecule has 0 saturated carbocycles. The fourth-order valence-electron chi connectivity index (χ4n) is 4.14. The highest BCUT2D eigenvalue weighted by Gasteiger charge is 2.27. The molecule has 6 heteroatoms. The van der Waals surface area contributed by atoms with Crippen LogP contribution in [0.25, 0.3) is 0 Å². The van der Waals surface area contributed by atoms with Gasteiger partial charge in [-0.3, -0.25) is 19.4 Å². The highest BCUT2D eigenvalue weighted by molar-refractivity contribution is 5.81. The van der Waals surface area contributed by atoms with Crippen LogP contribution in [0.2, 0.25) is 0 Å².